The number of thiazole rings is 1. The first kappa shape index (κ1) is 17.9. The highest BCUT2D eigenvalue weighted by atomic mass is 32.1. The lowest BCUT2D eigenvalue weighted by atomic mass is 10.0. The molecule has 0 N–H and O–H groups in total. The first-order valence-electron chi connectivity index (χ1n) is 9.06. The number of aromatic nitrogens is 2. The van der Waals surface area contributed by atoms with E-state index in [0.29, 0.717) is 0 Å². The van der Waals surface area contributed by atoms with Crippen LogP contribution in [-0.4, -0.2) is 43.4 Å². The van der Waals surface area contributed by atoms with E-state index in [1.807, 2.05) is 12.3 Å². The van der Waals surface area contributed by atoms with Gasteiger partial charge in [0.25, 0.3) is 0 Å². The van der Waals surface area contributed by atoms with Gasteiger partial charge >= 0.3 is 0 Å². The molecule has 27 heavy (non-hydrogen) atoms. The number of hydrogen-bond donors (Lipinski definition) is 0. The van der Waals surface area contributed by atoms with Crippen LogP contribution in [0.4, 0.5) is 5.82 Å². The summed E-state index contributed by atoms with van der Waals surface area (Å²) in [5.41, 5.74) is 5.64. The molecular weight excluding hydrogens is 358 g/mol. The molecule has 6 heteroatoms. The number of hydrogen-bond acceptors (Lipinski definition) is 6. The van der Waals surface area contributed by atoms with E-state index in [1.165, 1.54) is 16.7 Å². The highest BCUT2D eigenvalue weighted by molar-refractivity contribution is 7.13. The van der Waals surface area contributed by atoms with Gasteiger partial charge in [0.1, 0.15) is 16.6 Å². The summed E-state index contributed by atoms with van der Waals surface area (Å²) in [6, 6.07) is 8.27. The third-order valence-corrected chi connectivity index (χ3v) is 5.72. The van der Waals surface area contributed by atoms with Gasteiger partial charge in [-0.25, -0.2) is 9.97 Å². The third-order valence-electron chi connectivity index (χ3n) is 4.83. The number of methoxy groups -OCH3 is 1. The molecule has 0 unspecified atom stereocenters. The highest BCUT2D eigenvalue weighted by Crippen LogP contribution is 2.35. The van der Waals surface area contributed by atoms with Crippen LogP contribution < -0.4 is 9.64 Å². The summed E-state index contributed by atoms with van der Waals surface area (Å²) in [4.78, 5) is 11.7. The standard InChI is InChI=1S/C21H23N3O2S/c1-14-10-17(25-3)11-15(2)20(14)18-13-27-21(23-18)16-4-5-22-19(12-16)24-6-8-26-9-7-24/h4-5,10-13H,6-9H2,1-3H3. The Bertz CT molecular complexity index is 925. The molecule has 3 aromatic rings. The van der Waals surface area contributed by atoms with Gasteiger partial charge in [0.15, 0.2) is 0 Å². The predicted molar refractivity (Wildman–Crippen MR) is 110 cm³/mol. The molecule has 1 aromatic carbocycles. The number of morpholine rings is 1. The molecule has 2 aromatic heterocycles. The van der Waals surface area contributed by atoms with Crippen LogP contribution in [0.1, 0.15) is 11.1 Å². The second-order valence-corrected chi connectivity index (χ2v) is 7.53. The lowest BCUT2D eigenvalue weighted by molar-refractivity contribution is 0.122. The average molecular weight is 382 g/mol. The average Bonchev–Trinajstić information content (AvgIpc) is 3.18. The molecule has 0 radical (unpaired) electrons. The monoisotopic (exact) mass is 381 g/mol. The molecule has 1 aliphatic rings. The number of pyridine rings is 1. The number of nitrogens with zero attached hydrogens (tertiary/aromatic N) is 3. The van der Waals surface area contributed by atoms with Crippen LogP contribution in [0, 0.1) is 13.8 Å². The molecule has 1 saturated heterocycles. The van der Waals surface area contributed by atoms with Gasteiger partial charge in [-0.3, -0.25) is 0 Å². The van der Waals surface area contributed by atoms with Crippen molar-refractivity contribution in [2.24, 2.45) is 0 Å². The Kier molecular flexibility index (Phi) is 5.09. The molecule has 5 nitrogen and oxygen atoms in total. The Morgan fingerprint density at radius 3 is 2.56 bits per heavy atom. The number of benzene rings is 1. The minimum Gasteiger partial charge on any atom is -0.497 e. The third kappa shape index (κ3) is 3.68. The van der Waals surface area contributed by atoms with Gasteiger partial charge in [-0.1, -0.05) is 0 Å². The molecule has 140 valence electrons. The molecule has 3 heterocycles. The van der Waals surface area contributed by atoms with Crippen LogP contribution in [0.25, 0.3) is 21.8 Å². The van der Waals surface area contributed by atoms with Gasteiger partial charge in [0, 0.05) is 35.8 Å². The van der Waals surface area contributed by atoms with Gasteiger partial charge < -0.3 is 14.4 Å². The molecule has 0 spiro atoms. The van der Waals surface area contributed by atoms with Crippen molar-refractivity contribution in [2.45, 2.75) is 13.8 Å². The smallest absolute Gasteiger partial charge is 0.129 e. The van der Waals surface area contributed by atoms with Crippen molar-refractivity contribution >= 4 is 17.2 Å². The second kappa shape index (κ2) is 7.66. The maximum atomic E-state index is 5.44. The van der Waals surface area contributed by atoms with Crippen molar-refractivity contribution in [3.8, 4) is 27.6 Å². The topological polar surface area (TPSA) is 47.5 Å². The fourth-order valence-electron chi connectivity index (χ4n) is 3.48. The lowest BCUT2D eigenvalue weighted by Gasteiger charge is -2.27. The summed E-state index contributed by atoms with van der Waals surface area (Å²) in [6.45, 7) is 7.47. The summed E-state index contributed by atoms with van der Waals surface area (Å²) < 4.78 is 10.8. The van der Waals surface area contributed by atoms with Crippen molar-refractivity contribution in [3.05, 3.63) is 47.0 Å². The molecule has 0 aliphatic carbocycles. The maximum absolute atomic E-state index is 5.44. The van der Waals surface area contributed by atoms with Crippen molar-refractivity contribution in [1.82, 2.24) is 9.97 Å². The number of rotatable bonds is 4. The minimum absolute atomic E-state index is 0.753. The van der Waals surface area contributed by atoms with E-state index in [-0.39, 0.29) is 0 Å². The van der Waals surface area contributed by atoms with Gasteiger partial charge in [0.05, 0.1) is 26.0 Å². The second-order valence-electron chi connectivity index (χ2n) is 6.68. The van der Waals surface area contributed by atoms with Crippen LogP contribution in [0.15, 0.2) is 35.8 Å². The summed E-state index contributed by atoms with van der Waals surface area (Å²) in [7, 11) is 1.70. The summed E-state index contributed by atoms with van der Waals surface area (Å²) in [5, 5.41) is 3.14. The van der Waals surface area contributed by atoms with Gasteiger partial charge in [-0.05, 0) is 49.2 Å². The van der Waals surface area contributed by atoms with E-state index in [4.69, 9.17) is 14.5 Å². The number of ether oxygens (including phenoxy) is 2. The Labute approximate surface area is 163 Å². The normalized spacial score (nSPS) is 14.4. The van der Waals surface area contributed by atoms with Crippen molar-refractivity contribution in [2.75, 3.05) is 38.3 Å². The van der Waals surface area contributed by atoms with E-state index >= 15 is 0 Å². The van der Waals surface area contributed by atoms with Crippen LogP contribution in [0.2, 0.25) is 0 Å². The predicted octanol–water partition coefficient (Wildman–Crippen LogP) is 4.33. The van der Waals surface area contributed by atoms with E-state index in [9.17, 15) is 0 Å². The Morgan fingerprint density at radius 1 is 1.11 bits per heavy atom. The van der Waals surface area contributed by atoms with E-state index in [2.05, 4.69) is 47.3 Å². The zero-order valence-electron chi connectivity index (χ0n) is 15.9. The number of aryl methyl sites for hydroxylation is 2. The van der Waals surface area contributed by atoms with Crippen LogP contribution >= 0.6 is 11.3 Å². The molecule has 0 bridgehead atoms. The summed E-state index contributed by atoms with van der Waals surface area (Å²) in [5.74, 6) is 1.87. The van der Waals surface area contributed by atoms with E-state index in [0.717, 1.165) is 54.1 Å². The zero-order chi connectivity index (χ0) is 18.8. The van der Waals surface area contributed by atoms with E-state index < -0.39 is 0 Å². The SMILES string of the molecule is COc1cc(C)c(-c2csc(-c3ccnc(N4CCOCC4)c3)n2)c(C)c1. The van der Waals surface area contributed by atoms with E-state index in [1.54, 1.807) is 18.4 Å². The van der Waals surface area contributed by atoms with Gasteiger partial charge in [-0.15, -0.1) is 11.3 Å². The fourth-order valence-corrected chi connectivity index (χ4v) is 4.29. The Hall–Kier alpha value is -2.44. The molecule has 0 amide bonds. The summed E-state index contributed by atoms with van der Waals surface area (Å²) >= 11 is 1.67. The van der Waals surface area contributed by atoms with Crippen molar-refractivity contribution in [1.29, 1.82) is 0 Å². The zero-order valence-corrected chi connectivity index (χ0v) is 16.7. The number of anilines is 1. The molecule has 4 rings (SSSR count). The van der Waals surface area contributed by atoms with Gasteiger partial charge in [-0.2, -0.15) is 0 Å². The quantitative estimate of drug-likeness (QED) is 0.673. The summed E-state index contributed by atoms with van der Waals surface area (Å²) in [6.07, 6.45) is 1.87. The lowest BCUT2D eigenvalue weighted by Crippen LogP contribution is -2.36. The van der Waals surface area contributed by atoms with Crippen LogP contribution in [-0.2, 0) is 4.74 Å². The molecule has 1 aliphatic heterocycles. The minimum atomic E-state index is 0.753. The Morgan fingerprint density at radius 2 is 1.85 bits per heavy atom. The maximum Gasteiger partial charge on any atom is 0.129 e. The largest absolute Gasteiger partial charge is 0.497 e. The first-order chi connectivity index (χ1) is 13.2. The highest BCUT2D eigenvalue weighted by Gasteiger charge is 2.16. The van der Waals surface area contributed by atoms with Crippen molar-refractivity contribution < 1.29 is 9.47 Å². The molecule has 1 fully saturated rings. The molecule has 0 saturated carbocycles. The fraction of sp³-hybridized carbons (Fsp3) is 0.333. The molecular formula is C21H23N3O2S. The van der Waals surface area contributed by atoms with Crippen LogP contribution in [0.3, 0.4) is 0 Å². The Balaban J connectivity index is 1.65. The first-order valence-corrected chi connectivity index (χ1v) is 9.94. The van der Waals surface area contributed by atoms with Gasteiger partial charge in [0.2, 0.25) is 0 Å². The molecule has 0 atom stereocenters. The van der Waals surface area contributed by atoms with Crippen molar-refractivity contribution in [3.63, 3.8) is 0 Å². The van der Waals surface area contributed by atoms with Crippen LogP contribution in [0.5, 0.6) is 5.75 Å².